The highest BCUT2D eigenvalue weighted by molar-refractivity contribution is 6.35. The van der Waals surface area contributed by atoms with Crippen molar-refractivity contribution in [3.8, 4) is 0 Å². The van der Waals surface area contributed by atoms with Crippen LogP contribution in [0.1, 0.15) is 25.3 Å². The molecule has 1 aromatic rings. The van der Waals surface area contributed by atoms with E-state index in [2.05, 4.69) is 12.2 Å². The summed E-state index contributed by atoms with van der Waals surface area (Å²) in [6.45, 7) is 4.36. The van der Waals surface area contributed by atoms with E-state index in [4.69, 9.17) is 23.2 Å². The summed E-state index contributed by atoms with van der Waals surface area (Å²) in [5.74, 6) is 0.185. The zero-order valence-electron chi connectivity index (χ0n) is 11.9. The van der Waals surface area contributed by atoms with Crippen LogP contribution in [0.3, 0.4) is 0 Å². The Morgan fingerprint density at radius 3 is 2.60 bits per heavy atom. The second kappa shape index (κ2) is 6.33. The largest absolute Gasteiger partial charge is 0.341 e. The third-order valence-corrected chi connectivity index (χ3v) is 4.58. The molecule has 1 saturated heterocycles. The van der Waals surface area contributed by atoms with E-state index in [0.29, 0.717) is 16.6 Å². The SMILES string of the molecule is CN(Cc1ccc(Cl)cc1Cl)C(=O)C1(C)CCNCC1. The second-order valence-corrected chi connectivity index (χ2v) is 6.55. The molecule has 0 bridgehead atoms. The Morgan fingerprint density at radius 1 is 1.35 bits per heavy atom. The number of hydrogen-bond acceptors (Lipinski definition) is 2. The molecule has 5 heteroatoms. The van der Waals surface area contributed by atoms with E-state index in [1.807, 2.05) is 13.1 Å². The van der Waals surface area contributed by atoms with E-state index in [1.54, 1.807) is 17.0 Å². The summed E-state index contributed by atoms with van der Waals surface area (Å²) in [4.78, 5) is 14.4. The molecule has 1 aliphatic rings. The summed E-state index contributed by atoms with van der Waals surface area (Å²) in [6.07, 6.45) is 1.76. The molecule has 2 rings (SSSR count). The second-order valence-electron chi connectivity index (χ2n) is 5.71. The van der Waals surface area contributed by atoms with E-state index < -0.39 is 0 Å². The zero-order valence-corrected chi connectivity index (χ0v) is 13.4. The summed E-state index contributed by atoms with van der Waals surface area (Å²) in [6, 6.07) is 5.38. The summed E-state index contributed by atoms with van der Waals surface area (Å²) < 4.78 is 0. The van der Waals surface area contributed by atoms with Gasteiger partial charge in [-0.1, -0.05) is 36.2 Å². The molecule has 0 saturated carbocycles. The molecule has 1 heterocycles. The Balaban J connectivity index is 2.07. The number of nitrogens with one attached hydrogen (secondary N) is 1. The number of halogens is 2. The predicted octanol–water partition coefficient (Wildman–Crippen LogP) is 3.34. The lowest BCUT2D eigenvalue weighted by Crippen LogP contribution is -2.46. The van der Waals surface area contributed by atoms with Gasteiger partial charge in [-0.15, -0.1) is 0 Å². The van der Waals surface area contributed by atoms with E-state index in [9.17, 15) is 4.79 Å². The quantitative estimate of drug-likeness (QED) is 0.928. The predicted molar refractivity (Wildman–Crippen MR) is 83.1 cm³/mol. The molecule has 20 heavy (non-hydrogen) atoms. The molecule has 0 radical (unpaired) electrons. The summed E-state index contributed by atoms with van der Waals surface area (Å²) in [5.41, 5.74) is 0.656. The number of carbonyl (C=O) groups is 1. The van der Waals surface area contributed by atoms with Crippen LogP contribution in [0.15, 0.2) is 18.2 Å². The van der Waals surface area contributed by atoms with Crippen LogP contribution in [0.4, 0.5) is 0 Å². The molecule has 3 nitrogen and oxygen atoms in total. The molecule has 0 aliphatic carbocycles. The zero-order chi connectivity index (χ0) is 14.8. The van der Waals surface area contributed by atoms with Crippen LogP contribution in [0.25, 0.3) is 0 Å². The first kappa shape index (κ1) is 15.6. The average molecular weight is 315 g/mol. The highest BCUT2D eigenvalue weighted by atomic mass is 35.5. The Morgan fingerprint density at radius 2 is 2.00 bits per heavy atom. The van der Waals surface area contributed by atoms with Gasteiger partial charge in [-0.3, -0.25) is 4.79 Å². The molecule has 0 spiro atoms. The Labute approximate surface area is 130 Å². The molecule has 0 unspecified atom stereocenters. The number of rotatable bonds is 3. The maximum atomic E-state index is 12.6. The average Bonchev–Trinajstić information content (AvgIpc) is 2.42. The van der Waals surface area contributed by atoms with E-state index in [0.717, 1.165) is 31.5 Å². The van der Waals surface area contributed by atoms with Crippen LogP contribution < -0.4 is 5.32 Å². The Hall–Kier alpha value is -0.770. The van der Waals surface area contributed by atoms with Gasteiger partial charge >= 0.3 is 0 Å². The van der Waals surface area contributed by atoms with Gasteiger partial charge in [0.15, 0.2) is 0 Å². The van der Waals surface area contributed by atoms with Crippen LogP contribution >= 0.6 is 23.2 Å². The third-order valence-electron chi connectivity index (χ3n) is 3.99. The highest BCUT2D eigenvalue weighted by Crippen LogP contribution is 2.31. The van der Waals surface area contributed by atoms with Crippen molar-refractivity contribution in [2.75, 3.05) is 20.1 Å². The van der Waals surface area contributed by atoms with Gasteiger partial charge in [0.25, 0.3) is 0 Å². The van der Waals surface area contributed by atoms with Gasteiger partial charge in [0.2, 0.25) is 5.91 Å². The standard InChI is InChI=1S/C15H20Cl2N2O/c1-15(5-7-18-8-6-15)14(20)19(2)10-11-3-4-12(16)9-13(11)17/h3-4,9,18H,5-8,10H2,1-2H3. The van der Waals surface area contributed by atoms with Gasteiger partial charge in [0, 0.05) is 29.1 Å². The molecule has 1 N–H and O–H groups in total. The van der Waals surface area contributed by atoms with Gasteiger partial charge in [-0.2, -0.15) is 0 Å². The van der Waals surface area contributed by atoms with Gasteiger partial charge in [0.1, 0.15) is 0 Å². The van der Waals surface area contributed by atoms with Crippen molar-refractivity contribution in [3.05, 3.63) is 33.8 Å². The molecule has 1 aromatic carbocycles. The normalized spacial score (nSPS) is 17.8. The van der Waals surface area contributed by atoms with E-state index in [1.165, 1.54) is 0 Å². The lowest BCUT2D eigenvalue weighted by Gasteiger charge is -2.36. The van der Waals surface area contributed by atoms with E-state index in [-0.39, 0.29) is 11.3 Å². The van der Waals surface area contributed by atoms with Crippen molar-refractivity contribution in [2.24, 2.45) is 5.41 Å². The maximum absolute atomic E-state index is 12.6. The number of amides is 1. The van der Waals surface area contributed by atoms with Crippen LogP contribution in [0.2, 0.25) is 10.0 Å². The minimum Gasteiger partial charge on any atom is -0.341 e. The minimum absolute atomic E-state index is 0.185. The van der Waals surface area contributed by atoms with Gasteiger partial charge in [0.05, 0.1) is 0 Å². The highest BCUT2D eigenvalue weighted by Gasteiger charge is 2.36. The molecule has 1 aliphatic heterocycles. The fourth-order valence-corrected chi connectivity index (χ4v) is 3.10. The monoisotopic (exact) mass is 314 g/mol. The smallest absolute Gasteiger partial charge is 0.228 e. The first-order valence-corrected chi connectivity index (χ1v) is 7.58. The van der Waals surface area contributed by atoms with Crippen molar-refractivity contribution in [1.82, 2.24) is 10.2 Å². The van der Waals surface area contributed by atoms with Gasteiger partial charge in [-0.25, -0.2) is 0 Å². The number of carbonyl (C=O) groups excluding carboxylic acids is 1. The molecular formula is C15H20Cl2N2O. The Bertz CT molecular complexity index is 499. The summed E-state index contributed by atoms with van der Waals surface area (Å²) in [5, 5.41) is 4.51. The maximum Gasteiger partial charge on any atom is 0.228 e. The van der Waals surface area contributed by atoms with Crippen molar-refractivity contribution in [1.29, 1.82) is 0 Å². The number of hydrogen-bond donors (Lipinski definition) is 1. The lowest BCUT2D eigenvalue weighted by molar-refractivity contribution is -0.141. The fraction of sp³-hybridized carbons (Fsp3) is 0.533. The first-order chi connectivity index (χ1) is 9.42. The summed E-state index contributed by atoms with van der Waals surface area (Å²) >= 11 is 12.1. The molecule has 1 fully saturated rings. The van der Waals surface area contributed by atoms with Crippen molar-refractivity contribution in [3.63, 3.8) is 0 Å². The number of benzene rings is 1. The third kappa shape index (κ3) is 3.46. The first-order valence-electron chi connectivity index (χ1n) is 6.82. The van der Waals surface area contributed by atoms with Crippen molar-refractivity contribution >= 4 is 29.1 Å². The molecule has 0 atom stereocenters. The Kier molecular flexibility index (Phi) is 4.95. The van der Waals surface area contributed by atoms with Crippen molar-refractivity contribution in [2.45, 2.75) is 26.3 Å². The van der Waals surface area contributed by atoms with Crippen LogP contribution in [-0.4, -0.2) is 30.9 Å². The number of nitrogens with zero attached hydrogens (tertiary/aromatic N) is 1. The van der Waals surface area contributed by atoms with Crippen LogP contribution in [0, 0.1) is 5.41 Å². The minimum atomic E-state index is -0.265. The molecule has 110 valence electrons. The van der Waals surface area contributed by atoms with E-state index >= 15 is 0 Å². The van der Waals surface area contributed by atoms with Gasteiger partial charge < -0.3 is 10.2 Å². The molecular weight excluding hydrogens is 295 g/mol. The number of piperidine rings is 1. The fourth-order valence-electron chi connectivity index (χ4n) is 2.63. The topological polar surface area (TPSA) is 32.3 Å². The van der Waals surface area contributed by atoms with Gasteiger partial charge in [-0.05, 0) is 43.6 Å². The lowest BCUT2D eigenvalue weighted by atomic mass is 9.79. The molecule has 1 amide bonds. The molecule has 0 aromatic heterocycles. The van der Waals surface area contributed by atoms with Crippen LogP contribution in [0.5, 0.6) is 0 Å². The van der Waals surface area contributed by atoms with Crippen LogP contribution in [-0.2, 0) is 11.3 Å². The van der Waals surface area contributed by atoms with Crippen molar-refractivity contribution < 1.29 is 4.79 Å². The summed E-state index contributed by atoms with van der Waals surface area (Å²) in [7, 11) is 1.83.